The molecule has 6 nitrogen and oxygen atoms in total. The number of hydrogen-bond donors (Lipinski definition) is 0. The molecule has 0 N–H and O–H groups in total. The van der Waals surface area contributed by atoms with Gasteiger partial charge in [-0.3, -0.25) is 4.79 Å². The fourth-order valence-corrected chi connectivity index (χ4v) is 5.76. The molecule has 4 rings (SSSR count). The first-order valence-electron chi connectivity index (χ1n) is 12.8. The minimum atomic E-state index is -0.0103. The number of hydrogen-bond acceptors (Lipinski definition) is 6. The van der Waals surface area contributed by atoms with Gasteiger partial charge in [-0.05, 0) is 57.1 Å². The smallest absolute Gasteiger partial charge is 0.225 e. The Morgan fingerprint density at radius 1 is 1.28 bits per heavy atom. The van der Waals surface area contributed by atoms with Crippen LogP contribution in [0.15, 0.2) is 36.2 Å². The van der Waals surface area contributed by atoms with Crippen molar-refractivity contribution in [1.29, 1.82) is 0 Å². The monoisotopic (exact) mass is 507 g/mol. The minimum absolute atomic E-state index is 0.00527. The second-order valence-corrected chi connectivity index (χ2v) is 10.8. The van der Waals surface area contributed by atoms with Crippen LogP contribution in [0.5, 0.6) is 11.5 Å². The Morgan fingerprint density at radius 2 is 2.08 bits per heavy atom. The number of ether oxygens (including phenoxy) is 2. The molecule has 2 heterocycles. The number of benzene rings is 1. The summed E-state index contributed by atoms with van der Waals surface area (Å²) in [6.07, 6.45) is 6.20. The van der Waals surface area contributed by atoms with E-state index >= 15 is 0 Å². The number of aromatic nitrogens is 2. The van der Waals surface area contributed by atoms with Crippen molar-refractivity contribution in [2.45, 2.75) is 64.9 Å². The first-order valence-corrected chi connectivity index (χ1v) is 13.7. The van der Waals surface area contributed by atoms with Gasteiger partial charge in [0.05, 0.1) is 24.4 Å². The number of allylic oxidation sites excluding steroid dienone is 1. The molecule has 3 aromatic rings. The van der Waals surface area contributed by atoms with Crippen LogP contribution in [0.25, 0.3) is 21.6 Å². The lowest BCUT2D eigenvalue weighted by Gasteiger charge is -2.21. The predicted octanol–water partition coefficient (Wildman–Crippen LogP) is 6.77. The van der Waals surface area contributed by atoms with Crippen LogP contribution in [0.2, 0.25) is 0 Å². The molecule has 0 spiro atoms. The molecule has 1 saturated carbocycles. The van der Waals surface area contributed by atoms with E-state index in [2.05, 4.69) is 25.8 Å². The first kappa shape index (κ1) is 26.1. The molecular formula is C29H37N3O3S. The first-order chi connectivity index (χ1) is 17.3. The fourth-order valence-electron chi connectivity index (χ4n) is 4.82. The summed E-state index contributed by atoms with van der Waals surface area (Å²) in [7, 11) is 3.58. The molecular weight excluding hydrogens is 470 g/mol. The number of amides is 1. The van der Waals surface area contributed by atoms with Gasteiger partial charge in [-0.15, -0.1) is 17.9 Å². The van der Waals surface area contributed by atoms with E-state index in [1.54, 1.807) is 18.4 Å². The Bertz CT molecular complexity index is 1240. The van der Waals surface area contributed by atoms with Crippen molar-refractivity contribution in [3.05, 3.63) is 47.5 Å². The molecule has 1 aromatic carbocycles. The van der Waals surface area contributed by atoms with E-state index in [1.165, 1.54) is 0 Å². The highest BCUT2D eigenvalue weighted by atomic mass is 32.1. The summed E-state index contributed by atoms with van der Waals surface area (Å²) < 4.78 is 12.2. The Morgan fingerprint density at radius 3 is 2.78 bits per heavy atom. The number of nitrogens with zero attached hydrogens (tertiary/aromatic N) is 3. The second kappa shape index (κ2) is 11.4. The van der Waals surface area contributed by atoms with Crippen LogP contribution >= 0.6 is 11.3 Å². The maximum absolute atomic E-state index is 13.0. The van der Waals surface area contributed by atoms with Gasteiger partial charge < -0.3 is 14.4 Å². The van der Waals surface area contributed by atoms with Crippen LogP contribution in [0.3, 0.4) is 0 Å². The van der Waals surface area contributed by atoms with E-state index in [1.807, 2.05) is 43.1 Å². The van der Waals surface area contributed by atoms with Gasteiger partial charge in [0.2, 0.25) is 5.91 Å². The lowest BCUT2D eigenvalue weighted by atomic mass is 10.1. The summed E-state index contributed by atoms with van der Waals surface area (Å²) in [5, 5.41) is 3.94. The molecule has 1 aliphatic rings. The topological polar surface area (TPSA) is 64.6 Å². The highest BCUT2D eigenvalue weighted by Crippen LogP contribution is 2.39. The number of carbonyl (C=O) groups excluding carboxylic acids is 1. The van der Waals surface area contributed by atoms with Crippen LogP contribution in [0.1, 0.15) is 63.1 Å². The number of rotatable bonds is 10. The molecule has 36 heavy (non-hydrogen) atoms. The summed E-state index contributed by atoms with van der Waals surface area (Å²) in [4.78, 5) is 24.7. The van der Waals surface area contributed by atoms with Crippen molar-refractivity contribution in [2.24, 2.45) is 5.92 Å². The zero-order valence-corrected chi connectivity index (χ0v) is 22.9. The van der Waals surface area contributed by atoms with Crippen molar-refractivity contribution in [3.8, 4) is 22.2 Å². The quantitative estimate of drug-likeness (QED) is 0.224. The molecule has 2 aromatic heterocycles. The third kappa shape index (κ3) is 5.56. The lowest BCUT2D eigenvalue weighted by molar-refractivity contribution is -0.134. The molecule has 0 unspecified atom stereocenters. The van der Waals surface area contributed by atoms with Gasteiger partial charge in [-0.25, -0.2) is 9.97 Å². The van der Waals surface area contributed by atoms with E-state index in [0.717, 1.165) is 83.0 Å². The van der Waals surface area contributed by atoms with Crippen LogP contribution < -0.4 is 9.47 Å². The molecule has 0 bridgehead atoms. The summed E-state index contributed by atoms with van der Waals surface area (Å²) in [5.74, 6) is 2.17. The molecule has 1 fully saturated rings. The Kier molecular flexibility index (Phi) is 8.29. The zero-order chi connectivity index (χ0) is 25.8. The average molecular weight is 508 g/mol. The summed E-state index contributed by atoms with van der Waals surface area (Å²) in [6.45, 7) is 10.8. The molecule has 0 aliphatic heterocycles. The number of unbranched alkanes of at least 4 members (excludes halogenated alkanes) is 1. The van der Waals surface area contributed by atoms with E-state index in [9.17, 15) is 4.79 Å². The van der Waals surface area contributed by atoms with Gasteiger partial charge in [0.25, 0.3) is 0 Å². The van der Waals surface area contributed by atoms with Crippen LogP contribution in [-0.4, -0.2) is 47.6 Å². The van der Waals surface area contributed by atoms with Crippen LogP contribution in [0.4, 0.5) is 0 Å². The Hall–Kier alpha value is -2.93. The van der Waals surface area contributed by atoms with Crippen molar-refractivity contribution < 1.29 is 14.3 Å². The Balaban J connectivity index is 1.60. The van der Waals surface area contributed by atoms with E-state index in [4.69, 9.17) is 19.4 Å². The van der Waals surface area contributed by atoms with Crippen LogP contribution in [-0.2, 0) is 4.79 Å². The van der Waals surface area contributed by atoms with Gasteiger partial charge >= 0.3 is 0 Å². The largest absolute Gasteiger partial charge is 0.496 e. The van der Waals surface area contributed by atoms with Crippen molar-refractivity contribution >= 4 is 28.1 Å². The third-order valence-electron chi connectivity index (χ3n) is 7.00. The van der Waals surface area contributed by atoms with E-state index in [0.29, 0.717) is 5.92 Å². The van der Waals surface area contributed by atoms with Crippen molar-refractivity contribution in [1.82, 2.24) is 14.9 Å². The van der Waals surface area contributed by atoms with E-state index < -0.39 is 0 Å². The standard InChI is InChI=1S/C29H37N3O3S/c1-7-8-9-14-32(5)29(33)20-10-11-21(15-20)35-26-16-23(28-31-24(17-36-28)18(2)3)30-27-19(4)25(34-6)13-12-22(26)27/h7,12-13,16-18,20-21H,1,8-11,14-15H2,2-6H3/t20-,21+/m0/s1. The number of carbonyl (C=O) groups is 1. The predicted molar refractivity (Wildman–Crippen MR) is 147 cm³/mol. The van der Waals surface area contributed by atoms with Gasteiger partial charge in [0.15, 0.2) is 0 Å². The van der Waals surface area contributed by atoms with E-state index in [-0.39, 0.29) is 17.9 Å². The van der Waals surface area contributed by atoms with Gasteiger partial charge in [-0.2, -0.15) is 0 Å². The van der Waals surface area contributed by atoms with Crippen molar-refractivity contribution in [3.63, 3.8) is 0 Å². The molecule has 192 valence electrons. The molecule has 0 radical (unpaired) electrons. The molecule has 1 aliphatic carbocycles. The second-order valence-electron chi connectivity index (χ2n) is 9.97. The van der Waals surface area contributed by atoms with Crippen LogP contribution in [0, 0.1) is 12.8 Å². The highest BCUT2D eigenvalue weighted by Gasteiger charge is 2.33. The maximum atomic E-state index is 13.0. The normalized spacial score (nSPS) is 17.5. The average Bonchev–Trinajstić information content (AvgIpc) is 3.54. The number of thiazole rings is 1. The molecule has 7 heteroatoms. The van der Waals surface area contributed by atoms with Gasteiger partial charge in [0.1, 0.15) is 22.2 Å². The number of pyridine rings is 1. The maximum Gasteiger partial charge on any atom is 0.225 e. The number of fused-ring (bicyclic) bond motifs is 1. The number of aryl methyl sites for hydroxylation is 1. The number of methoxy groups -OCH3 is 1. The Labute approximate surface area is 218 Å². The molecule has 2 atom stereocenters. The molecule has 0 saturated heterocycles. The van der Waals surface area contributed by atoms with Gasteiger partial charge in [-0.1, -0.05) is 19.9 Å². The summed E-state index contributed by atoms with van der Waals surface area (Å²) in [5.41, 5.74) is 3.70. The summed E-state index contributed by atoms with van der Waals surface area (Å²) >= 11 is 1.61. The zero-order valence-electron chi connectivity index (χ0n) is 22.0. The SMILES string of the molecule is C=CCCCN(C)C(=O)[C@H]1CC[C@@H](Oc2cc(-c3nc(C(C)C)cs3)nc3c(C)c(OC)ccc23)C1. The highest BCUT2D eigenvalue weighted by molar-refractivity contribution is 7.13. The van der Waals surface area contributed by atoms with Crippen molar-refractivity contribution in [2.75, 3.05) is 20.7 Å². The summed E-state index contributed by atoms with van der Waals surface area (Å²) in [6, 6.07) is 5.98. The third-order valence-corrected chi connectivity index (χ3v) is 7.89. The molecule has 1 amide bonds. The fraction of sp³-hybridized carbons (Fsp3) is 0.483. The minimum Gasteiger partial charge on any atom is -0.496 e. The van der Waals surface area contributed by atoms with Gasteiger partial charge in [0, 0.05) is 41.9 Å². The lowest BCUT2D eigenvalue weighted by Crippen LogP contribution is -2.33.